The summed E-state index contributed by atoms with van der Waals surface area (Å²) < 4.78 is 0. The van der Waals surface area contributed by atoms with E-state index in [1.54, 1.807) is 11.8 Å². The Morgan fingerprint density at radius 1 is 1.12 bits per heavy atom. The fraction of sp³-hybridized carbons (Fsp3) is 0.500. The highest BCUT2D eigenvalue weighted by molar-refractivity contribution is 7.99. The Balaban J connectivity index is 3.16. The van der Waals surface area contributed by atoms with Crippen LogP contribution in [0.1, 0.15) is 39.5 Å². The predicted octanol–water partition coefficient (Wildman–Crippen LogP) is 3.86. The third kappa shape index (κ3) is 2.67. The minimum Gasteiger partial charge on any atom is -0.293 e. The van der Waals surface area contributed by atoms with Crippen LogP contribution in [0.25, 0.3) is 0 Å². The summed E-state index contributed by atoms with van der Waals surface area (Å²) >= 11 is 1.69. The molecule has 0 unspecified atom stereocenters. The molecule has 0 saturated heterocycles. The molecule has 0 aliphatic rings. The zero-order valence-corrected chi connectivity index (χ0v) is 11.6. The first kappa shape index (κ1) is 13.3. The van der Waals surface area contributed by atoms with Crippen LogP contribution >= 0.6 is 11.8 Å². The minimum atomic E-state index is 0.272. The van der Waals surface area contributed by atoms with Crippen LogP contribution in [-0.2, 0) is 0 Å². The topological polar surface area (TPSA) is 17.1 Å². The van der Waals surface area contributed by atoms with Crippen molar-refractivity contribution in [3.8, 4) is 0 Å². The SMILES string of the molecule is CCSCC(=O)c1c(C)c(C)cc(C)c1C. The Labute approximate surface area is 103 Å². The van der Waals surface area contributed by atoms with E-state index < -0.39 is 0 Å². The van der Waals surface area contributed by atoms with E-state index in [4.69, 9.17) is 0 Å². The van der Waals surface area contributed by atoms with E-state index in [2.05, 4.69) is 26.8 Å². The summed E-state index contributed by atoms with van der Waals surface area (Å²) in [4.78, 5) is 12.1. The molecule has 0 radical (unpaired) electrons. The van der Waals surface area contributed by atoms with Crippen molar-refractivity contribution in [2.45, 2.75) is 34.6 Å². The molecule has 0 aromatic heterocycles. The average Bonchev–Trinajstić information content (AvgIpc) is 2.24. The monoisotopic (exact) mass is 236 g/mol. The van der Waals surface area contributed by atoms with Crippen molar-refractivity contribution >= 4 is 17.5 Å². The second-order valence-electron chi connectivity index (χ2n) is 4.20. The van der Waals surface area contributed by atoms with Crippen molar-refractivity contribution in [2.24, 2.45) is 0 Å². The van der Waals surface area contributed by atoms with Crippen molar-refractivity contribution in [1.29, 1.82) is 0 Å². The second-order valence-corrected chi connectivity index (χ2v) is 5.47. The maximum atomic E-state index is 12.1. The zero-order chi connectivity index (χ0) is 12.3. The highest BCUT2D eigenvalue weighted by Gasteiger charge is 2.15. The van der Waals surface area contributed by atoms with E-state index in [9.17, 15) is 4.79 Å². The van der Waals surface area contributed by atoms with Gasteiger partial charge in [0.25, 0.3) is 0 Å². The smallest absolute Gasteiger partial charge is 0.173 e. The van der Waals surface area contributed by atoms with Gasteiger partial charge in [0.05, 0.1) is 5.75 Å². The van der Waals surface area contributed by atoms with Gasteiger partial charge in [0.15, 0.2) is 5.78 Å². The molecule has 0 N–H and O–H groups in total. The van der Waals surface area contributed by atoms with Crippen LogP contribution < -0.4 is 0 Å². The van der Waals surface area contributed by atoms with E-state index >= 15 is 0 Å². The molecule has 1 aromatic carbocycles. The molecule has 0 spiro atoms. The van der Waals surface area contributed by atoms with Gasteiger partial charge in [-0.05, 0) is 55.7 Å². The number of Topliss-reactive ketones (excluding diaryl/α,β-unsaturated/α-hetero) is 1. The summed E-state index contributed by atoms with van der Waals surface area (Å²) in [6.07, 6.45) is 0. The molecule has 0 amide bonds. The number of hydrogen-bond donors (Lipinski definition) is 0. The van der Waals surface area contributed by atoms with Gasteiger partial charge in [-0.2, -0.15) is 11.8 Å². The van der Waals surface area contributed by atoms with Crippen LogP contribution in [0.5, 0.6) is 0 Å². The molecule has 0 atom stereocenters. The quantitative estimate of drug-likeness (QED) is 0.738. The molecule has 0 fully saturated rings. The maximum Gasteiger partial charge on any atom is 0.173 e. The molecule has 2 heteroatoms. The van der Waals surface area contributed by atoms with E-state index in [1.807, 2.05) is 13.8 Å². The third-order valence-electron chi connectivity index (χ3n) is 3.08. The lowest BCUT2D eigenvalue weighted by Crippen LogP contribution is -2.10. The van der Waals surface area contributed by atoms with Gasteiger partial charge in [0, 0.05) is 5.56 Å². The molecule has 88 valence electrons. The normalized spacial score (nSPS) is 10.6. The highest BCUT2D eigenvalue weighted by atomic mass is 32.2. The third-order valence-corrected chi connectivity index (χ3v) is 3.96. The van der Waals surface area contributed by atoms with Gasteiger partial charge in [-0.3, -0.25) is 4.79 Å². The summed E-state index contributed by atoms with van der Waals surface area (Å²) in [5, 5.41) is 0. The summed E-state index contributed by atoms with van der Waals surface area (Å²) in [6.45, 7) is 10.3. The summed E-state index contributed by atoms with van der Waals surface area (Å²) in [7, 11) is 0. The van der Waals surface area contributed by atoms with Crippen molar-refractivity contribution in [3.05, 3.63) is 33.9 Å². The number of thioether (sulfide) groups is 1. The van der Waals surface area contributed by atoms with Gasteiger partial charge < -0.3 is 0 Å². The molecular weight excluding hydrogens is 216 g/mol. The van der Waals surface area contributed by atoms with Gasteiger partial charge in [-0.25, -0.2) is 0 Å². The summed E-state index contributed by atoms with van der Waals surface area (Å²) in [6, 6.07) is 2.16. The van der Waals surface area contributed by atoms with Crippen molar-refractivity contribution < 1.29 is 4.79 Å². The van der Waals surface area contributed by atoms with Crippen molar-refractivity contribution in [2.75, 3.05) is 11.5 Å². The Hall–Kier alpha value is -0.760. The van der Waals surface area contributed by atoms with Gasteiger partial charge in [-0.15, -0.1) is 0 Å². The van der Waals surface area contributed by atoms with Gasteiger partial charge >= 0.3 is 0 Å². The molecule has 0 bridgehead atoms. The van der Waals surface area contributed by atoms with Crippen LogP contribution in [-0.4, -0.2) is 17.3 Å². The van der Waals surface area contributed by atoms with Gasteiger partial charge in [-0.1, -0.05) is 13.0 Å². The maximum absolute atomic E-state index is 12.1. The first-order chi connectivity index (χ1) is 7.49. The zero-order valence-electron chi connectivity index (χ0n) is 10.8. The molecule has 0 aliphatic heterocycles. The van der Waals surface area contributed by atoms with E-state index in [0.29, 0.717) is 5.75 Å². The molecule has 0 saturated carbocycles. The number of rotatable bonds is 4. The highest BCUT2D eigenvalue weighted by Crippen LogP contribution is 2.23. The number of aryl methyl sites for hydroxylation is 2. The van der Waals surface area contributed by atoms with Crippen molar-refractivity contribution in [1.82, 2.24) is 0 Å². The minimum absolute atomic E-state index is 0.272. The number of carbonyl (C=O) groups is 1. The molecule has 0 aliphatic carbocycles. The summed E-state index contributed by atoms with van der Waals surface area (Å²) in [5.74, 6) is 1.86. The molecule has 1 rings (SSSR count). The van der Waals surface area contributed by atoms with Crippen LogP contribution in [0.2, 0.25) is 0 Å². The fourth-order valence-corrected chi connectivity index (χ4v) is 2.44. The van der Waals surface area contributed by atoms with Gasteiger partial charge in [0.2, 0.25) is 0 Å². The van der Waals surface area contributed by atoms with E-state index in [0.717, 1.165) is 22.4 Å². The first-order valence-electron chi connectivity index (χ1n) is 5.67. The van der Waals surface area contributed by atoms with Crippen LogP contribution in [0.15, 0.2) is 6.07 Å². The largest absolute Gasteiger partial charge is 0.293 e. The Kier molecular flexibility index (Phi) is 4.60. The molecule has 0 heterocycles. The molecule has 16 heavy (non-hydrogen) atoms. The Morgan fingerprint density at radius 3 is 2.06 bits per heavy atom. The number of benzene rings is 1. The van der Waals surface area contributed by atoms with Crippen LogP contribution in [0.3, 0.4) is 0 Å². The van der Waals surface area contributed by atoms with Crippen molar-refractivity contribution in [3.63, 3.8) is 0 Å². The first-order valence-corrected chi connectivity index (χ1v) is 6.82. The molecular formula is C14H20OS. The predicted molar refractivity (Wildman–Crippen MR) is 72.7 cm³/mol. The Morgan fingerprint density at radius 2 is 1.62 bits per heavy atom. The van der Waals surface area contributed by atoms with Gasteiger partial charge in [0.1, 0.15) is 0 Å². The molecule has 1 aromatic rings. The average molecular weight is 236 g/mol. The Bertz CT molecular complexity index is 381. The standard InChI is InChI=1S/C14H20OS/c1-6-16-8-13(15)14-11(4)9(2)7-10(3)12(14)5/h7H,6,8H2,1-5H3. The lowest BCUT2D eigenvalue weighted by molar-refractivity contribution is 0.102. The van der Waals surface area contributed by atoms with E-state index in [1.165, 1.54) is 11.1 Å². The van der Waals surface area contributed by atoms with Crippen LogP contribution in [0, 0.1) is 27.7 Å². The number of hydrogen-bond acceptors (Lipinski definition) is 2. The van der Waals surface area contributed by atoms with E-state index in [-0.39, 0.29) is 5.78 Å². The number of ketones is 1. The summed E-state index contributed by atoms with van der Waals surface area (Å²) in [5.41, 5.74) is 5.66. The van der Waals surface area contributed by atoms with Crippen LogP contribution in [0.4, 0.5) is 0 Å². The molecule has 1 nitrogen and oxygen atoms in total. The lowest BCUT2D eigenvalue weighted by atomic mass is 9.92. The number of carbonyl (C=O) groups excluding carboxylic acids is 1. The fourth-order valence-electron chi connectivity index (χ4n) is 1.90. The second kappa shape index (κ2) is 5.53. The lowest BCUT2D eigenvalue weighted by Gasteiger charge is -2.14.